The SMILES string of the molecule is Cc1cc(C(N)c2cccc(I)c2)c(C)cc1Br. The number of nitrogens with two attached hydrogens (primary N) is 1. The zero-order chi connectivity index (χ0) is 13.3. The lowest BCUT2D eigenvalue weighted by Gasteiger charge is -2.17. The zero-order valence-electron chi connectivity index (χ0n) is 10.4. The van der Waals surface area contributed by atoms with Gasteiger partial charge in [-0.25, -0.2) is 0 Å². The average Bonchev–Trinajstić information content (AvgIpc) is 2.33. The molecular weight excluding hydrogens is 401 g/mol. The maximum atomic E-state index is 6.39. The van der Waals surface area contributed by atoms with Gasteiger partial charge in [0.1, 0.15) is 0 Å². The topological polar surface area (TPSA) is 26.0 Å². The fraction of sp³-hybridized carbons (Fsp3) is 0.200. The average molecular weight is 416 g/mol. The summed E-state index contributed by atoms with van der Waals surface area (Å²) >= 11 is 5.87. The van der Waals surface area contributed by atoms with Gasteiger partial charge in [0.05, 0.1) is 6.04 Å². The van der Waals surface area contributed by atoms with Crippen LogP contribution in [0.4, 0.5) is 0 Å². The van der Waals surface area contributed by atoms with Crippen LogP contribution in [-0.4, -0.2) is 0 Å². The highest BCUT2D eigenvalue weighted by Crippen LogP contribution is 2.28. The number of halogens is 2. The Kier molecular flexibility index (Phi) is 4.45. The summed E-state index contributed by atoms with van der Waals surface area (Å²) in [6, 6.07) is 12.6. The van der Waals surface area contributed by atoms with Crippen molar-refractivity contribution in [3.05, 3.63) is 66.7 Å². The van der Waals surface area contributed by atoms with E-state index in [4.69, 9.17) is 5.73 Å². The van der Waals surface area contributed by atoms with Crippen LogP contribution in [0.3, 0.4) is 0 Å². The van der Waals surface area contributed by atoms with Gasteiger partial charge in [0.15, 0.2) is 0 Å². The number of hydrogen-bond donors (Lipinski definition) is 1. The smallest absolute Gasteiger partial charge is 0.0554 e. The van der Waals surface area contributed by atoms with Crippen molar-refractivity contribution in [1.29, 1.82) is 0 Å². The second-order valence-electron chi connectivity index (χ2n) is 4.49. The van der Waals surface area contributed by atoms with Crippen molar-refractivity contribution in [3.8, 4) is 0 Å². The largest absolute Gasteiger partial charge is 0.320 e. The predicted molar refractivity (Wildman–Crippen MR) is 88.8 cm³/mol. The van der Waals surface area contributed by atoms with E-state index in [0.29, 0.717) is 0 Å². The van der Waals surface area contributed by atoms with Crippen LogP contribution in [0.1, 0.15) is 28.3 Å². The molecule has 0 aliphatic heterocycles. The van der Waals surface area contributed by atoms with Crippen LogP contribution >= 0.6 is 38.5 Å². The normalized spacial score (nSPS) is 12.5. The molecule has 2 N–H and O–H groups in total. The van der Waals surface area contributed by atoms with E-state index in [1.807, 2.05) is 0 Å². The highest BCUT2D eigenvalue weighted by Gasteiger charge is 2.13. The first-order valence-electron chi connectivity index (χ1n) is 5.76. The summed E-state index contributed by atoms with van der Waals surface area (Å²) in [6.07, 6.45) is 0. The van der Waals surface area contributed by atoms with Crippen LogP contribution in [-0.2, 0) is 0 Å². The molecule has 1 atom stereocenters. The molecule has 0 fully saturated rings. The summed E-state index contributed by atoms with van der Waals surface area (Å²) in [5, 5.41) is 0. The first-order chi connectivity index (χ1) is 8.49. The third-order valence-corrected chi connectivity index (χ3v) is 4.62. The fourth-order valence-electron chi connectivity index (χ4n) is 2.02. The summed E-state index contributed by atoms with van der Waals surface area (Å²) < 4.78 is 2.35. The van der Waals surface area contributed by atoms with Gasteiger partial charge in [-0.15, -0.1) is 0 Å². The molecule has 0 aliphatic carbocycles. The van der Waals surface area contributed by atoms with Gasteiger partial charge < -0.3 is 5.73 Å². The van der Waals surface area contributed by atoms with Crippen molar-refractivity contribution in [2.45, 2.75) is 19.9 Å². The standard InChI is InChI=1S/C15H15BrIN/c1-9-7-14(16)10(2)6-13(9)15(18)11-4-3-5-12(17)8-11/h3-8,15H,18H2,1-2H3. The Hall–Kier alpha value is -0.390. The van der Waals surface area contributed by atoms with Crippen molar-refractivity contribution in [1.82, 2.24) is 0 Å². The Morgan fingerprint density at radius 1 is 1.11 bits per heavy atom. The van der Waals surface area contributed by atoms with E-state index in [2.05, 4.69) is 88.8 Å². The Morgan fingerprint density at radius 2 is 1.83 bits per heavy atom. The molecule has 0 aliphatic rings. The predicted octanol–water partition coefficient (Wildman–Crippen LogP) is 4.72. The monoisotopic (exact) mass is 415 g/mol. The molecule has 1 unspecified atom stereocenters. The minimum Gasteiger partial charge on any atom is -0.320 e. The Bertz CT molecular complexity index is 581. The second kappa shape index (κ2) is 5.72. The van der Waals surface area contributed by atoms with Gasteiger partial charge in [0.2, 0.25) is 0 Å². The molecule has 2 aromatic rings. The fourth-order valence-corrected chi connectivity index (χ4v) is 3.04. The molecule has 0 saturated carbocycles. The molecule has 2 aromatic carbocycles. The quantitative estimate of drug-likeness (QED) is 0.705. The molecule has 0 radical (unpaired) electrons. The molecule has 3 heteroatoms. The Balaban J connectivity index is 2.46. The van der Waals surface area contributed by atoms with Crippen LogP contribution in [0.5, 0.6) is 0 Å². The third kappa shape index (κ3) is 2.95. The third-order valence-electron chi connectivity index (χ3n) is 3.09. The maximum Gasteiger partial charge on any atom is 0.0554 e. The Morgan fingerprint density at radius 3 is 2.50 bits per heavy atom. The lowest BCUT2D eigenvalue weighted by Crippen LogP contribution is -2.13. The lowest BCUT2D eigenvalue weighted by atomic mass is 9.94. The molecule has 0 saturated heterocycles. The van der Waals surface area contributed by atoms with Crippen LogP contribution in [0.2, 0.25) is 0 Å². The summed E-state index contributed by atoms with van der Waals surface area (Å²) in [6.45, 7) is 4.20. The molecule has 0 amide bonds. The van der Waals surface area contributed by atoms with Gasteiger partial charge in [-0.3, -0.25) is 0 Å². The van der Waals surface area contributed by atoms with Crippen LogP contribution in [0, 0.1) is 17.4 Å². The molecule has 0 heterocycles. The summed E-state index contributed by atoms with van der Waals surface area (Å²) in [4.78, 5) is 0. The molecular formula is C15H15BrIN. The van der Waals surface area contributed by atoms with Crippen molar-refractivity contribution in [2.75, 3.05) is 0 Å². The first kappa shape index (κ1) is 14.0. The zero-order valence-corrected chi connectivity index (χ0v) is 14.1. The van der Waals surface area contributed by atoms with Gasteiger partial charge >= 0.3 is 0 Å². The highest BCUT2D eigenvalue weighted by atomic mass is 127. The molecule has 0 aromatic heterocycles. The Labute approximate surface area is 130 Å². The van der Waals surface area contributed by atoms with Crippen molar-refractivity contribution >= 4 is 38.5 Å². The van der Waals surface area contributed by atoms with E-state index < -0.39 is 0 Å². The van der Waals surface area contributed by atoms with E-state index >= 15 is 0 Å². The summed E-state index contributed by atoms with van der Waals surface area (Å²) in [7, 11) is 0. The van der Waals surface area contributed by atoms with Crippen molar-refractivity contribution in [2.24, 2.45) is 5.73 Å². The second-order valence-corrected chi connectivity index (χ2v) is 6.59. The maximum absolute atomic E-state index is 6.39. The van der Waals surface area contributed by atoms with Gasteiger partial charge in [0.25, 0.3) is 0 Å². The van der Waals surface area contributed by atoms with E-state index in [-0.39, 0.29) is 6.04 Å². The van der Waals surface area contributed by atoms with Crippen LogP contribution in [0.25, 0.3) is 0 Å². The summed E-state index contributed by atoms with van der Waals surface area (Å²) in [5.41, 5.74) is 11.2. The van der Waals surface area contributed by atoms with Crippen molar-refractivity contribution in [3.63, 3.8) is 0 Å². The molecule has 94 valence electrons. The van der Waals surface area contributed by atoms with E-state index in [0.717, 1.165) is 10.0 Å². The van der Waals surface area contributed by atoms with Gasteiger partial charge in [0, 0.05) is 8.04 Å². The number of aryl methyl sites for hydroxylation is 2. The van der Waals surface area contributed by atoms with E-state index in [1.165, 1.54) is 20.3 Å². The van der Waals surface area contributed by atoms with Crippen LogP contribution in [0.15, 0.2) is 40.9 Å². The number of hydrogen-bond acceptors (Lipinski definition) is 1. The van der Waals surface area contributed by atoms with E-state index in [1.54, 1.807) is 0 Å². The molecule has 18 heavy (non-hydrogen) atoms. The highest BCUT2D eigenvalue weighted by molar-refractivity contribution is 14.1. The summed E-state index contributed by atoms with van der Waals surface area (Å²) in [5.74, 6) is 0. The van der Waals surface area contributed by atoms with Gasteiger partial charge in [-0.2, -0.15) is 0 Å². The van der Waals surface area contributed by atoms with E-state index in [9.17, 15) is 0 Å². The van der Waals surface area contributed by atoms with Crippen molar-refractivity contribution < 1.29 is 0 Å². The molecule has 1 nitrogen and oxygen atoms in total. The molecule has 0 bridgehead atoms. The minimum absolute atomic E-state index is 0.0634. The molecule has 0 spiro atoms. The van der Waals surface area contributed by atoms with Gasteiger partial charge in [-0.1, -0.05) is 34.1 Å². The minimum atomic E-state index is -0.0634. The number of benzene rings is 2. The lowest BCUT2D eigenvalue weighted by molar-refractivity contribution is 0.858. The van der Waals surface area contributed by atoms with Crippen LogP contribution < -0.4 is 5.73 Å². The molecule has 2 rings (SSSR count). The first-order valence-corrected chi connectivity index (χ1v) is 7.64. The van der Waals surface area contributed by atoms with Gasteiger partial charge in [-0.05, 0) is 76.9 Å². The number of rotatable bonds is 2.